The van der Waals surface area contributed by atoms with Gasteiger partial charge in [-0.05, 0) is 30.5 Å². The summed E-state index contributed by atoms with van der Waals surface area (Å²) in [6, 6.07) is 7.47. The number of nitrogens with zero attached hydrogens (tertiary/aromatic N) is 2. The van der Waals surface area contributed by atoms with E-state index in [2.05, 4.69) is 11.4 Å². The minimum atomic E-state index is -0.405. The number of benzene rings is 1. The third-order valence-electron chi connectivity index (χ3n) is 4.61. The van der Waals surface area contributed by atoms with Gasteiger partial charge in [0, 0.05) is 25.4 Å². The van der Waals surface area contributed by atoms with Crippen LogP contribution in [-0.2, 0) is 9.59 Å². The quantitative estimate of drug-likeness (QED) is 0.632. The number of carbonyl (C=O) groups is 2. The third-order valence-corrected chi connectivity index (χ3v) is 5.91. The normalized spacial score (nSPS) is 16.2. The van der Waals surface area contributed by atoms with Crippen LogP contribution in [0.1, 0.15) is 44.6 Å². The predicted octanol–water partition coefficient (Wildman–Crippen LogP) is 4.07. The maximum absolute atomic E-state index is 12.6. The van der Waals surface area contributed by atoms with Crippen LogP contribution in [-0.4, -0.2) is 42.7 Å². The van der Waals surface area contributed by atoms with Crippen molar-refractivity contribution in [2.24, 2.45) is 0 Å². The van der Waals surface area contributed by atoms with E-state index in [-0.39, 0.29) is 24.0 Å². The first kappa shape index (κ1) is 23.1. The standard InChI is InChI=1S/C21H26ClN3O3S/c1-4-8-25(9-5-2)20(27)13-29-21-16(12-23)15(11-19(26)24-21)14-6-7-18(28-3)17(22)10-14/h6-7,10,15H,4-5,8-9,11,13H2,1-3H3,(H,24,26)/t15-/m1/s1. The van der Waals surface area contributed by atoms with E-state index < -0.39 is 5.92 Å². The van der Waals surface area contributed by atoms with Crippen molar-refractivity contribution in [1.29, 1.82) is 5.26 Å². The Bertz CT molecular complexity index is 829. The Balaban J connectivity index is 2.25. The van der Waals surface area contributed by atoms with Crippen LogP contribution in [0.4, 0.5) is 0 Å². The van der Waals surface area contributed by atoms with Gasteiger partial charge in [0.05, 0.1) is 34.6 Å². The van der Waals surface area contributed by atoms with E-state index in [4.69, 9.17) is 16.3 Å². The summed E-state index contributed by atoms with van der Waals surface area (Å²) in [7, 11) is 1.53. The molecule has 1 aliphatic rings. The molecule has 0 saturated heterocycles. The van der Waals surface area contributed by atoms with Gasteiger partial charge in [-0.2, -0.15) is 5.26 Å². The number of allylic oxidation sites excluding steroid dienone is 1. The summed E-state index contributed by atoms with van der Waals surface area (Å²) in [5.74, 6) is 0.126. The fourth-order valence-electron chi connectivity index (χ4n) is 3.24. The summed E-state index contributed by atoms with van der Waals surface area (Å²) in [5, 5.41) is 13.4. The average molecular weight is 436 g/mol. The highest BCUT2D eigenvalue weighted by molar-refractivity contribution is 8.03. The SMILES string of the molecule is CCCN(CCC)C(=O)CSC1=C(C#N)[C@@H](c2ccc(OC)c(Cl)c2)CC(=O)N1. The zero-order chi connectivity index (χ0) is 21.4. The summed E-state index contributed by atoms with van der Waals surface area (Å²) >= 11 is 7.44. The van der Waals surface area contributed by atoms with Crippen LogP contribution in [0.2, 0.25) is 5.02 Å². The number of hydrogen-bond acceptors (Lipinski definition) is 5. The molecule has 1 aliphatic heterocycles. The number of halogens is 1. The van der Waals surface area contributed by atoms with Gasteiger partial charge in [0.15, 0.2) is 0 Å². The number of nitriles is 1. The van der Waals surface area contributed by atoms with Gasteiger partial charge in [0.25, 0.3) is 0 Å². The number of hydrogen-bond donors (Lipinski definition) is 1. The average Bonchev–Trinajstić information content (AvgIpc) is 2.71. The molecule has 6 nitrogen and oxygen atoms in total. The molecule has 2 rings (SSSR count). The fraction of sp³-hybridized carbons (Fsp3) is 0.476. The van der Waals surface area contributed by atoms with Gasteiger partial charge < -0.3 is 15.0 Å². The number of thioether (sulfide) groups is 1. The topological polar surface area (TPSA) is 82.4 Å². The highest BCUT2D eigenvalue weighted by Crippen LogP contribution is 2.38. The Hall–Kier alpha value is -2.17. The lowest BCUT2D eigenvalue weighted by atomic mass is 9.87. The van der Waals surface area contributed by atoms with E-state index in [0.29, 0.717) is 34.5 Å². The molecule has 1 aromatic rings. The summed E-state index contributed by atoms with van der Waals surface area (Å²) in [4.78, 5) is 26.7. The first-order valence-electron chi connectivity index (χ1n) is 9.63. The van der Waals surface area contributed by atoms with E-state index in [1.165, 1.54) is 18.9 Å². The number of amides is 2. The summed E-state index contributed by atoms with van der Waals surface area (Å²) < 4.78 is 5.18. The van der Waals surface area contributed by atoms with Crippen LogP contribution in [0.5, 0.6) is 5.75 Å². The molecule has 1 N–H and O–H groups in total. The van der Waals surface area contributed by atoms with Crippen molar-refractivity contribution < 1.29 is 14.3 Å². The van der Waals surface area contributed by atoms with Crippen LogP contribution < -0.4 is 10.1 Å². The summed E-state index contributed by atoms with van der Waals surface area (Å²) in [5.41, 5.74) is 1.21. The van der Waals surface area contributed by atoms with Crippen molar-refractivity contribution in [3.63, 3.8) is 0 Å². The van der Waals surface area contributed by atoms with Gasteiger partial charge in [-0.15, -0.1) is 0 Å². The number of nitrogens with one attached hydrogen (secondary N) is 1. The van der Waals surface area contributed by atoms with Crippen LogP contribution in [0.25, 0.3) is 0 Å². The molecular formula is C21H26ClN3O3S. The molecule has 1 atom stereocenters. The molecule has 0 aromatic heterocycles. The molecule has 2 amide bonds. The minimum absolute atomic E-state index is 0.00681. The van der Waals surface area contributed by atoms with Crippen LogP contribution in [0, 0.1) is 11.3 Å². The number of ether oxygens (including phenoxy) is 1. The van der Waals surface area contributed by atoms with Crippen LogP contribution in [0.15, 0.2) is 28.8 Å². The molecule has 1 aromatic carbocycles. The van der Waals surface area contributed by atoms with Gasteiger partial charge in [0.1, 0.15) is 5.75 Å². The predicted molar refractivity (Wildman–Crippen MR) is 116 cm³/mol. The smallest absolute Gasteiger partial charge is 0.232 e. The van der Waals surface area contributed by atoms with Crippen LogP contribution >= 0.6 is 23.4 Å². The Morgan fingerprint density at radius 2 is 2.07 bits per heavy atom. The first-order chi connectivity index (χ1) is 13.9. The Labute approximate surface area is 181 Å². The molecule has 0 aliphatic carbocycles. The molecule has 0 radical (unpaired) electrons. The second-order valence-electron chi connectivity index (χ2n) is 6.72. The molecule has 1 heterocycles. The second-order valence-corrected chi connectivity index (χ2v) is 8.12. The Morgan fingerprint density at radius 1 is 1.38 bits per heavy atom. The summed E-state index contributed by atoms with van der Waals surface area (Å²) in [6.45, 7) is 5.48. The first-order valence-corrected chi connectivity index (χ1v) is 11.0. The fourth-order valence-corrected chi connectivity index (χ4v) is 4.49. The highest BCUT2D eigenvalue weighted by Gasteiger charge is 2.30. The lowest BCUT2D eigenvalue weighted by molar-refractivity contribution is -0.128. The second kappa shape index (κ2) is 11.1. The van der Waals surface area contributed by atoms with E-state index in [9.17, 15) is 14.9 Å². The third kappa shape index (κ3) is 5.91. The van der Waals surface area contributed by atoms with Gasteiger partial charge in [-0.3, -0.25) is 9.59 Å². The van der Waals surface area contributed by atoms with E-state index in [1.807, 2.05) is 24.8 Å². The Morgan fingerprint density at radius 3 is 2.62 bits per heavy atom. The molecule has 8 heteroatoms. The van der Waals surface area contributed by atoms with Crippen molar-refractivity contribution in [3.8, 4) is 11.8 Å². The maximum Gasteiger partial charge on any atom is 0.232 e. The molecular weight excluding hydrogens is 410 g/mol. The van der Waals surface area contributed by atoms with Gasteiger partial charge in [-0.25, -0.2) is 0 Å². The molecule has 29 heavy (non-hydrogen) atoms. The zero-order valence-corrected chi connectivity index (χ0v) is 18.5. The molecule has 0 spiro atoms. The largest absolute Gasteiger partial charge is 0.495 e. The molecule has 156 valence electrons. The Kier molecular flexibility index (Phi) is 8.87. The van der Waals surface area contributed by atoms with E-state index >= 15 is 0 Å². The van der Waals surface area contributed by atoms with E-state index in [1.54, 1.807) is 12.1 Å². The van der Waals surface area contributed by atoms with Crippen LogP contribution in [0.3, 0.4) is 0 Å². The number of rotatable bonds is 9. The molecule has 0 saturated carbocycles. The van der Waals surface area contributed by atoms with Gasteiger partial charge in [0.2, 0.25) is 11.8 Å². The minimum Gasteiger partial charge on any atom is -0.495 e. The molecule has 0 fully saturated rings. The van der Waals surface area contributed by atoms with Crippen molar-refractivity contribution in [2.75, 3.05) is 26.0 Å². The van der Waals surface area contributed by atoms with Crippen molar-refractivity contribution in [3.05, 3.63) is 39.4 Å². The maximum atomic E-state index is 12.6. The van der Waals surface area contributed by atoms with Crippen molar-refractivity contribution in [1.82, 2.24) is 10.2 Å². The highest BCUT2D eigenvalue weighted by atomic mass is 35.5. The van der Waals surface area contributed by atoms with Crippen molar-refractivity contribution in [2.45, 2.75) is 39.0 Å². The number of carbonyl (C=O) groups excluding carboxylic acids is 2. The molecule has 0 unspecified atom stereocenters. The molecule has 0 bridgehead atoms. The van der Waals surface area contributed by atoms with Crippen molar-refractivity contribution >= 4 is 35.2 Å². The monoisotopic (exact) mass is 435 g/mol. The van der Waals surface area contributed by atoms with Gasteiger partial charge >= 0.3 is 0 Å². The van der Waals surface area contributed by atoms with E-state index in [0.717, 1.165) is 18.4 Å². The lowest BCUT2D eigenvalue weighted by Crippen LogP contribution is -2.35. The number of methoxy groups -OCH3 is 1. The lowest BCUT2D eigenvalue weighted by Gasteiger charge is -2.26. The zero-order valence-electron chi connectivity index (χ0n) is 17.0. The van der Waals surface area contributed by atoms with Gasteiger partial charge in [-0.1, -0.05) is 43.3 Å². The summed E-state index contributed by atoms with van der Waals surface area (Å²) in [6.07, 6.45) is 1.93.